The Morgan fingerprint density at radius 2 is 2.00 bits per heavy atom. The SMILES string of the molecule is CC=CC(=O)C1=C(C)CC(OC(C)=O)CC1(C)C. The van der Waals surface area contributed by atoms with E-state index >= 15 is 0 Å². The highest BCUT2D eigenvalue weighted by molar-refractivity contribution is 6.05. The quantitative estimate of drug-likeness (QED) is 0.570. The van der Waals surface area contributed by atoms with E-state index in [0.717, 1.165) is 11.1 Å². The number of esters is 1. The minimum atomic E-state index is -0.258. The van der Waals surface area contributed by atoms with Crippen LogP contribution in [0.3, 0.4) is 0 Å². The lowest BCUT2D eigenvalue weighted by Crippen LogP contribution is -2.34. The lowest BCUT2D eigenvalue weighted by Gasteiger charge is -2.37. The average Bonchev–Trinajstić information content (AvgIpc) is 2.13. The second kappa shape index (κ2) is 5.51. The Morgan fingerprint density at radius 1 is 1.39 bits per heavy atom. The fourth-order valence-corrected chi connectivity index (χ4v) is 2.86. The summed E-state index contributed by atoms with van der Waals surface area (Å²) < 4.78 is 5.28. The van der Waals surface area contributed by atoms with Crippen molar-refractivity contribution in [2.45, 2.75) is 53.6 Å². The van der Waals surface area contributed by atoms with E-state index in [2.05, 4.69) is 0 Å². The van der Waals surface area contributed by atoms with Gasteiger partial charge in [0, 0.05) is 18.9 Å². The van der Waals surface area contributed by atoms with Gasteiger partial charge in [-0.3, -0.25) is 9.59 Å². The number of hydrogen-bond acceptors (Lipinski definition) is 3. The molecule has 0 heterocycles. The summed E-state index contributed by atoms with van der Waals surface area (Å²) in [5, 5.41) is 0. The minimum Gasteiger partial charge on any atom is -0.462 e. The first kappa shape index (κ1) is 14.7. The van der Waals surface area contributed by atoms with Gasteiger partial charge in [-0.05, 0) is 31.8 Å². The van der Waals surface area contributed by atoms with Gasteiger partial charge in [0.1, 0.15) is 6.10 Å². The van der Waals surface area contributed by atoms with Gasteiger partial charge in [-0.2, -0.15) is 0 Å². The van der Waals surface area contributed by atoms with Crippen LogP contribution in [-0.4, -0.2) is 17.9 Å². The molecule has 0 saturated carbocycles. The zero-order chi connectivity index (χ0) is 13.9. The van der Waals surface area contributed by atoms with Gasteiger partial charge in [-0.1, -0.05) is 25.5 Å². The predicted molar refractivity (Wildman–Crippen MR) is 71.1 cm³/mol. The van der Waals surface area contributed by atoms with Gasteiger partial charge >= 0.3 is 5.97 Å². The van der Waals surface area contributed by atoms with Crippen LogP contribution >= 0.6 is 0 Å². The molecule has 1 atom stereocenters. The van der Waals surface area contributed by atoms with Gasteiger partial charge in [0.05, 0.1) is 0 Å². The van der Waals surface area contributed by atoms with Crippen LogP contribution in [0.25, 0.3) is 0 Å². The van der Waals surface area contributed by atoms with Crippen molar-refractivity contribution in [1.82, 2.24) is 0 Å². The first-order valence-electron chi connectivity index (χ1n) is 6.32. The zero-order valence-electron chi connectivity index (χ0n) is 11.9. The third-order valence-corrected chi connectivity index (χ3v) is 3.27. The van der Waals surface area contributed by atoms with E-state index in [1.807, 2.05) is 27.7 Å². The molecular weight excluding hydrogens is 228 g/mol. The molecule has 1 aliphatic rings. The first-order valence-corrected chi connectivity index (χ1v) is 6.32. The summed E-state index contributed by atoms with van der Waals surface area (Å²) in [5.41, 5.74) is 1.64. The Bertz CT molecular complexity index is 413. The first-order chi connectivity index (χ1) is 8.27. The Balaban J connectivity index is 3.03. The molecule has 0 radical (unpaired) electrons. The molecule has 100 valence electrons. The number of carbonyl (C=O) groups is 2. The maximum atomic E-state index is 12.1. The molecule has 18 heavy (non-hydrogen) atoms. The van der Waals surface area contributed by atoms with Gasteiger partial charge in [0.15, 0.2) is 5.78 Å². The van der Waals surface area contributed by atoms with Crippen LogP contribution < -0.4 is 0 Å². The smallest absolute Gasteiger partial charge is 0.302 e. The summed E-state index contributed by atoms with van der Waals surface area (Å²) in [6.45, 7) is 9.28. The van der Waals surface area contributed by atoms with Crippen molar-refractivity contribution in [1.29, 1.82) is 0 Å². The molecule has 0 amide bonds. The average molecular weight is 250 g/mol. The number of allylic oxidation sites excluding steroid dienone is 3. The molecule has 0 aromatic rings. The Labute approximate surface area is 109 Å². The molecule has 0 bridgehead atoms. The number of carbonyl (C=O) groups excluding carboxylic acids is 2. The van der Waals surface area contributed by atoms with Gasteiger partial charge in [0.25, 0.3) is 0 Å². The fraction of sp³-hybridized carbons (Fsp3) is 0.600. The van der Waals surface area contributed by atoms with Crippen LogP contribution in [0.4, 0.5) is 0 Å². The van der Waals surface area contributed by atoms with Crippen LogP contribution in [0.15, 0.2) is 23.3 Å². The second-order valence-corrected chi connectivity index (χ2v) is 5.54. The second-order valence-electron chi connectivity index (χ2n) is 5.54. The number of ketones is 1. The largest absolute Gasteiger partial charge is 0.462 e. The topological polar surface area (TPSA) is 43.4 Å². The molecule has 1 aliphatic carbocycles. The van der Waals surface area contributed by atoms with Crippen LogP contribution in [0.2, 0.25) is 0 Å². The van der Waals surface area contributed by atoms with Crippen LogP contribution in [0.1, 0.15) is 47.5 Å². The molecule has 0 N–H and O–H groups in total. The van der Waals surface area contributed by atoms with E-state index in [0.29, 0.717) is 12.8 Å². The number of rotatable bonds is 3. The standard InChI is InChI=1S/C15H22O3/c1-6-7-13(17)14-10(2)8-12(18-11(3)16)9-15(14,4)5/h6-7,12H,8-9H2,1-5H3. The van der Waals surface area contributed by atoms with E-state index in [9.17, 15) is 9.59 Å². The monoisotopic (exact) mass is 250 g/mol. The molecule has 3 nitrogen and oxygen atoms in total. The fourth-order valence-electron chi connectivity index (χ4n) is 2.86. The van der Waals surface area contributed by atoms with Crippen LogP contribution in [-0.2, 0) is 14.3 Å². The number of ether oxygens (including phenoxy) is 1. The third-order valence-electron chi connectivity index (χ3n) is 3.27. The highest BCUT2D eigenvalue weighted by Gasteiger charge is 2.37. The predicted octanol–water partition coefficient (Wildman–Crippen LogP) is 3.20. The highest BCUT2D eigenvalue weighted by Crippen LogP contribution is 2.41. The summed E-state index contributed by atoms with van der Waals surface area (Å²) >= 11 is 0. The molecule has 0 aliphatic heterocycles. The minimum absolute atomic E-state index is 0.0706. The van der Waals surface area contributed by atoms with Gasteiger partial charge < -0.3 is 4.74 Å². The third kappa shape index (κ3) is 3.31. The molecule has 0 aromatic heterocycles. The van der Waals surface area contributed by atoms with E-state index in [1.165, 1.54) is 6.92 Å². The normalized spacial score (nSPS) is 23.3. The maximum Gasteiger partial charge on any atom is 0.302 e. The molecule has 1 rings (SSSR count). The zero-order valence-corrected chi connectivity index (χ0v) is 11.9. The summed E-state index contributed by atoms with van der Waals surface area (Å²) in [7, 11) is 0. The molecule has 0 saturated heterocycles. The van der Waals surface area contributed by atoms with Crippen LogP contribution in [0, 0.1) is 5.41 Å². The molecule has 1 unspecified atom stereocenters. The van der Waals surface area contributed by atoms with E-state index in [4.69, 9.17) is 4.74 Å². The molecule has 0 fully saturated rings. The Hall–Kier alpha value is -1.38. The summed E-state index contributed by atoms with van der Waals surface area (Å²) in [6, 6.07) is 0. The Morgan fingerprint density at radius 3 is 2.44 bits per heavy atom. The van der Waals surface area contributed by atoms with Crippen molar-refractivity contribution in [2.24, 2.45) is 5.41 Å². The van der Waals surface area contributed by atoms with Crippen molar-refractivity contribution >= 4 is 11.8 Å². The van der Waals surface area contributed by atoms with E-state index in [-0.39, 0.29) is 23.3 Å². The molecule has 0 aromatic carbocycles. The molecule has 3 heteroatoms. The van der Waals surface area contributed by atoms with Gasteiger partial charge in [0.2, 0.25) is 0 Å². The van der Waals surface area contributed by atoms with Gasteiger partial charge in [-0.25, -0.2) is 0 Å². The summed E-state index contributed by atoms with van der Waals surface area (Å²) in [4.78, 5) is 23.1. The summed E-state index contributed by atoms with van der Waals surface area (Å²) in [6.07, 6.45) is 4.60. The van der Waals surface area contributed by atoms with E-state index in [1.54, 1.807) is 12.2 Å². The van der Waals surface area contributed by atoms with Crippen molar-refractivity contribution in [3.63, 3.8) is 0 Å². The van der Waals surface area contributed by atoms with Crippen molar-refractivity contribution in [2.75, 3.05) is 0 Å². The summed E-state index contributed by atoms with van der Waals surface area (Å²) in [5.74, 6) is -0.187. The Kier molecular flexibility index (Phi) is 4.49. The number of hydrogen-bond donors (Lipinski definition) is 0. The van der Waals surface area contributed by atoms with Gasteiger partial charge in [-0.15, -0.1) is 0 Å². The van der Waals surface area contributed by atoms with Crippen molar-refractivity contribution in [3.05, 3.63) is 23.3 Å². The van der Waals surface area contributed by atoms with E-state index < -0.39 is 0 Å². The molecular formula is C15H22O3. The van der Waals surface area contributed by atoms with Crippen molar-refractivity contribution in [3.8, 4) is 0 Å². The maximum absolute atomic E-state index is 12.1. The van der Waals surface area contributed by atoms with Crippen LogP contribution in [0.5, 0.6) is 0 Å². The highest BCUT2D eigenvalue weighted by atomic mass is 16.5. The lowest BCUT2D eigenvalue weighted by molar-refractivity contribution is -0.147. The lowest BCUT2D eigenvalue weighted by atomic mass is 9.70. The molecule has 0 spiro atoms. The van der Waals surface area contributed by atoms with Crippen molar-refractivity contribution < 1.29 is 14.3 Å².